The van der Waals surface area contributed by atoms with E-state index in [0.29, 0.717) is 4.47 Å². The highest BCUT2D eigenvalue weighted by Gasteiger charge is 2.21. The first kappa shape index (κ1) is 17.7. The van der Waals surface area contributed by atoms with Crippen LogP contribution in [-0.2, 0) is 14.9 Å². The van der Waals surface area contributed by atoms with E-state index in [-0.39, 0.29) is 16.2 Å². The zero-order valence-electron chi connectivity index (χ0n) is 12.8. The molecule has 0 saturated carbocycles. The predicted octanol–water partition coefficient (Wildman–Crippen LogP) is 0.536. The van der Waals surface area contributed by atoms with E-state index in [1.165, 1.54) is 56.8 Å². The highest BCUT2D eigenvalue weighted by Crippen LogP contribution is 2.15. The minimum atomic E-state index is -3.79. The molecule has 0 unspecified atom stereocenters. The first-order valence-electron chi connectivity index (χ1n) is 6.63. The molecule has 0 aliphatic rings. The molecule has 2 N–H and O–H groups in total. The van der Waals surface area contributed by atoms with Crippen molar-refractivity contribution in [3.05, 3.63) is 54.0 Å². The Morgan fingerprint density at radius 3 is 2.25 bits per heavy atom. The van der Waals surface area contributed by atoms with Crippen molar-refractivity contribution in [2.45, 2.75) is 4.90 Å². The fourth-order valence-electron chi connectivity index (χ4n) is 1.68. The molecule has 0 saturated heterocycles. The van der Waals surface area contributed by atoms with Crippen LogP contribution in [0.5, 0.6) is 0 Å². The molecule has 0 aliphatic heterocycles. The van der Waals surface area contributed by atoms with Crippen LogP contribution in [0.4, 0.5) is 0 Å². The molecule has 0 bridgehead atoms. The summed E-state index contributed by atoms with van der Waals surface area (Å²) in [6, 6.07) is 8.11. The quantitative estimate of drug-likeness (QED) is 0.757. The van der Waals surface area contributed by atoms with Gasteiger partial charge in [0.1, 0.15) is 0 Å². The van der Waals surface area contributed by atoms with Gasteiger partial charge in [0.25, 0.3) is 15.9 Å². The van der Waals surface area contributed by atoms with Crippen molar-refractivity contribution >= 4 is 21.8 Å². The molecule has 2 amide bonds. The third-order valence-electron chi connectivity index (χ3n) is 3.04. The number of benzene rings is 1. The fourth-order valence-corrected chi connectivity index (χ4v) is 2.65. The summed E-state index contributed by atoms with van der Waals surface area (Å²) in [6.07, 6.45) is 1.33. The second-order valence-corrected chi connectivity index (χ2v) is 6.44. The first-order valence-corrected chi connectivity index (χ1v) is 8.07. The molecular formula is C14H15N3O6S. The van der Waals surface area contributed by atoms with Gasteiger partial charge in [0.15, 0.2) is 5.76 Å². The second-order valence-electron chi connectivity index (χ2n) is 4.51. The first-order chi connectivity index (χ1) is 11.4. The number of hydrogen-bond donors (Lipinski definition) is 2. The Kier molecular flexibility index (Phi) is 5.34. The van der Waals surface area contributed by atoms with Gasteiger partial charge < -0.3 is 4.42 Å². The average molecular weight is 353 g/mol. The number of furan rings is 1. The molecule has 10 heteroatoms. The van der Waals surface area contributed by atoms with E-state index in [9.17, 15) is 18.0 Å². The number of hydroxylamine groups is 1. The van der Waals surface area contributed by atoms with Gasteiger partial charge in [0.05, 0.1) is 18.3 Å². The van der Waals surface area contributed by atoms with Gasteiger partial charge in [0, 0.05) is 12.6 Å². The number of amides is 2. The van der Waals surface area contributed by atoms with E-state index < -0.39 is 21.8 Å². The number of hydrogen-bond acceptors (Lipinski definition) is 6. The summed E-state index contributed by atoms with van der Waals surface area (Å²) in [5, 5.41) is 0. The number of carbonyl (C=O) groups excluding carboxylic acids is 2. The monoisotopic (exact) mass is 353 g/mol. The average Bonchev–Trinajstić information content (AvgIpc) is 3.13. The topological polar surface area (TPSA) is 118 Å². The van der Waals surface area contributed by atoms with E-state index in [2.05, 4.69) is 15.7 Å². The number of carbonyl (C=O) groups is 2. The second kappa shape index (κ2) is 7.25. The number of nitrogens with one attached hydrogen (secondary N) is 2. The lowest BCUT2D eigenvalue weighted by Gasteiger charge is -2.14. The van der Waals surface area contributed by atoms with Crippen LogP contribution < -0.4 is 10.9 Å². The number of sulfonamides is 1. The van der Waals surface area contributed by atoms with Crippen molar-refractivity contribution < 1.29 is 27.3 Å². The number of rotatable bonds is 5. The molecule has 24 heavy (non-hydrogen) atoms. The summed E-state index contributed by atoms with van der Waals surface area (Å²) in [7, 11) is -1.32. The maximum Gasteiger partial charge on any atom is 0.305 e. The number of nitrogens with zero attached hydrogens (tertiary/aromatic N) is 1. The van der Waals surface area contributed by atoms with Crippen LogP contribution in [0.3, 0.4) is 0 Å². The minimum Gasteiger partial charge on any atom is -0.459 e. The van der Waals surface area contributed by atoms with Crippen molar-refractivity contribution in [3.63, 3.8) is 0 Å². The van der Waals surface area contributed by atoms with E-state index in [0.717, 1.165) is 0 Å². The van der Waals surface area contributed by atoms with Gasteiger partial charge in [0.2, 0.25) is 0 Å². The Morgan fingerprint density at radius 2 is 1.71 bits per heavy atom. The van der Waals surface area contributed by atoms with Gasteiger partial charge in [-0.2, -0.15) is 0 Å². The van der Waals surface area contributed by atoms with Crippen molar-refractivity contribution in [2.24, 2.45) is 0 Å². The third-order valence-corrected chi connectivity index (χ3v) is 4.74. The van der Waals surface area contributed by atoms with Crippen LogP contribution in [0.25, 0.3) is 0 Å². The molecular weight excluding hydrogens is 338 g/mol. The Morgan fingerprint density at radius 1 is 1.08 bits per heavy atom. The normalized spacial score (nSPS) is 11.3. The lowest BCUT2D eigenvalue weighted by Crippen LogP contribution is -2.41. The summed E-state index contributed by atoms with van der Waals surface area (Å²) in [4.78, 5) is 28.2. The molecule has 0 fully saturated rings. The molecule has 128 valence electrons. The van der Waals surface area contributed by atoms with Crippen LogP contribution in [0.15, 0.2) is 52.0 Å². The van der Waals surface area contributed by atoms with E-state index in [1.54, 1.807) is 0 Å². The molecule has 2 aromatic rings. The lowest BCUT2D eigenvalue weighted by atomic mass is 10.2. The zero-order chi connectivity index (χ0) is 17.7. The Hall–Kier alpha value is -2.69. The minimum absolute atomic E-state index is 0.0389. The summed E-state index contributed by atoms with van der Waals surface area (Å²) in [5.74, 6) is -1.19. The van der Waals surface area contributed by atoms with Crippen molar-refractivity contribution in [1.82, 2.24) is 15.3 Å². The van der Waals surface area contributed by atoms with Gasteiger partial charge in [-0.15, -0.1) is 0 Å². The highest BCUT2D eigenvalue weighted by atomic mass is 32.2. The van der Waals surface area contributed by atoms with Crippen molar-refractivity contribution in [2.75, 3.05) is 14.2 Å². The van der Waals surface area contributed by atoms with E-state index in [4.69, 9.17) is 4.42 Å². The van der Waals surface area contributed by atoms with Gasteiger partial charge in [-0.05, 0) is 36.4 Å². The molecule has 1 heterocycles. The SMILES string of the molecule is CON(C)S(=O)(=O)c1ccc(C(=O)NNC(=O)c2ccco2)cc1. The molecule has 0 aliphatic carbocycles. The van der Waals surface area contributed by atoms with Crippen LogP contribution in [0.2, 0.25) is 0 Å². The Bertz CT molecular complexity index is 815. The lowest BCUT2D eigenvalue weighted by molar-refractivity contribution is -0.0258. The molecule has 9 nitrogen and oxygen atoms in total. The summed E-state index contributed by atoms with van der Waals surface area (Å²) >= 11 is 0. The molecule has 2 rings (SSSR count). The molecule has 1 aromatic carbocycles. The van der Waals surface area contributed by atoms with Crippen LogP contribution in [0.1, 0.15) is 20.9 Å². The predicted molar refractivity (Wildman–Crippen MR) is 82.0 cm³/mol. The molecule has 0 radical (unpaired) electrons. The highest BCUT2D eigenvalue weighted by molar-refractivity contribution is 7.89. The summed E-state index contributed by atoms with van der Waals surface area (Å²) in [5.41, 5.74) is 4.53. The number of hydrazine groups is 1. The van der Waals surface area contributed by atoms with Gasteiger partial charge in [-0.1, -0.05) is 4.47 Å². The van der Waals surface area contributed by atoms with E-state index >= 15 is 0 Å². The van der Waals surface area contributed by atoms with Crippen LogP contribution in [-0.4, -0.2) is 38.9 Å². The Labute approximate surface area is 138 Å². The Balaban J connectivity index is 2.02. The summed E-state index contributed by atoms with van der Waals surface area (Å²) < 4.78 is 29.6. The molecule has 0 atom stereocenters. The zero-order valence-corrected chi connectivity index (χ0v) is 13.7. The van der Waals surface area contributed by atoms with Gasteiger partial charge in [-0.3, -0.25) is 25.3 Å². The van der Waals surface area contributed by atoms with Crippen LogP contribution in [0, 0.1) is 0 Å². The van der Waals surface area contributed by atoms with Gasteiger partial charge in [-0.25, -0.2) is 8.42 Å². The van der Waals surface area contributed by atoms with Crippen LogP contribution >= 0.6 is 0 Å². The molecule has 1 aromatic heterocycles. The summed E-state index contributed by atoms with van der Waals surface area (Å²) in [6.45, 7) is 0. The largest absolute Gasteiger partial charge is 0.459 e. The maximum absolute atomic E-state index is 12.0. The van der Waals surface area contributed by atoms with Gasteiger partial charge >= 0.3 is 5.91 Å². The smallest absolute Gasteiger partial charge is 0.305 e. The van der Waals surface area contributed by atoms with Crippen molar-refractivity contribution in [1.29, 1.82) is 0 Å². The van der Waals surface area contributed by atoms with Crippen molar-refractivity contribution in [3.8, 4) is 0 Å². The standard InChI is InChI=1S/C14H15N3O6S/c1-17(22-2)24(20,21)11-7-5-10(6-8-11)13(18)15-16-14(19)12-4-3-9-23-12/h3-9H,1-2H3,(H,15,18)(H,16,19). The third kappa shape index (κ3) is 3.79. The molecule has 0 spiro atoms. The maximum atomic E-state index is 12.0. The van der Waals surface area contributed by atoms with E-state index in [1.807, 2.05) is 0 Å². The fraction of sp³-hybridized carbons (Fsp3) is 0.143.